The van der Waals surface area contributed by atoms with Gasteiger partial charge in [0.2, 0.25) is 5.91 Å². The number of urea groups is 1. The van der Waals surface area contributed by atoms with E-state index in [9.17, 15) is 9.59 Å². The molecular formula is C18H27N3O2. The summed E-state index contributed by atoms with van der Waals surface area (Å²) in [7, 11) is 0. The lowest BCUT2D eigenvalue weighted by Crippen LogP contribution is -2.30. The maximum absolute atomic E-state index is 12.0. The molecule has 1 aromatic carbocycles. The van der Waals surface area contributed by atoms with E-state index in [1.165, 1.54) is 0 Å². The first kappa shape index (κ1) is 17.3. The zero-order valence-electron chi connectivity index (χ0n) is 14.2. The number of nitrogens with one attached hydrogen (secondary N) is 3. The molecule has 23 heavy (non-hydrogen) atoms. The molecule has 1 fully saturated rings. The molecule has 0 spiro atoms. The third-order valence-electron chi connectivity index (χ3n) is 4.20. The molecule has 0 unspecified atom stereocenters. The van der Waals surface area contributed by atoms with Crippen LogP contribution in [-0.2, 0) is 4.79 Å². The number of rotatable bonds is 7. The van der Waals surface area contributed by atoms with Gasteiger partial charge in [-0.3, -0.25) is 4.79 Å². The van der Waals surface area contributed by atoms with E-state index in [1.54, 1.807) is 0 Å². The minimum absolute atomic E-state index is 0.0687. The minimum atomic E-state index is -0.0738. The molecule has 0 radical (unpaired) electrons. The number of unbranched alkanes of at least 4 members (excludes halogenated alkanes) is 2. The largest absolute Gasteiger partial charge is 0.334 e. The normalized spacial score (nSPS) is 20.0. The molecule has 1 aliphatic heterocycles. The fourth-order valence-electron chi connectivity index (χ4n) is 3.06. The van der Waals surface area contributed by atoms with Crippen LogP contribution in [0.15, 0.2) is 18.2 Å². The first-order valence-corrected chi connectivity index (χ1v) is 8.39. The SMILES string of the molecule is Cc1cc(C)cc(NC(=O)CCCCC[C@@H]2NC(=O)N[C@@H]2C)c1. The second-order valence-corrected chi connectivity index (χ2v) is 6.54. The minimum Gasteiger partial charge on any atom is -0.334 e. The van der Waals surface area contributed by atoms with Crippen molar-refractivity contribution in [2.75, 3.05) is 5.32 Å². The fourth-order valence-corrected chi connectivity index (χ4v) is 3.06. The highest BCUT2D eigenvalue weighted by Gasteiger charge is 2.26. The number of carbonyl (C=O) groups is 2. The molecule has 0 aromatic heterocycles. The van der Waals surface area contributed by atoms with Crippen molar-refractivity contribution in [3.63, 3.8) is 0 Å². The second-order valence-electron chi connectivity index (χ2n) is 6.54. The first-order valence-electron chi connectivity index (χ1n) is 8.39. The Morgan fingerprint density at radius 2 is 1.78 bits per heavy atom. The van der Waals surface area contributed by atoms with Gasteiger partial charge in [0.25, 0.3) is 0 Å². The highest BCUT2D eigenvalue weighted by Crippen LogP contribution is 2.15. The molecule has 2 atom stereocenters. The van der Waals surface area contributed by atoms with Crippen LogP contribution in [0.5, 0.6) is 0 Å². The number of anilines is 1. The fraction of sp³-hybridized carbons (Fsp3) is 0.556. The molecule has 3 N–H and O–H groups in total. The van der Waals surface area contributed by atoms with Crippen molar-refractivity contribution in [1.82, 2.24) is 10.6 Å². The quantitative estimate of drug-likeness (QED) is 0.676. The molecule has 1 heterocycles. The van der Waals surface area contributed by atoms with Crippen LogP contribution < -0.4 is 16.0 Å². The molecule has 2 rings (SSSR count). The van der Waals surface area contributed by atoms with Crippen molar-refractivity contribution in [3.05, 3.63) is 29.3 Å². The van der Waals surface area contributed by atoms with Gasteiger partial charge in [0, 0.05) is 18.2 Å². The molecule has 3 amide bonds. The predicted octanol–water partition coefficient (Wildman–Crippen LogP) is 3.26. The van der Waals surface area contributed by atoms with E-state index >= 15 is 0 Å². The predicted molar refractivity (Wildman–Crippen MR) is 92.5 cm³/mol. The number of hydrogen-bond acceptors (Lipinski definition) is 2. The van der Waals surface area contributed by atoms with Crippen molar-refractivity contribution in [2.24, 2.45) is 0 Å². The Morgan fingerprint density at radius 3 is 2.39 bits per heavy atom. The van der Waals surface area contributed by atoms with E-state index in [0.717, 1.165) is 42.5 Å². The summed E-state index contributed by atoms with van der Waals surface area (Å²) in [5, 5.41) is 8.73. The van der Waals surface area contributed by atoms with Gasteiger partial charge in [-0.25, -0.2) is 4.79 Å². The molecule has 5 heteroatoms. The summed E-state index contributed by atoms with van der Waals surface area (Å²) in [5.41, 5.74) is 3.18. The zero-order valence-corrected chi connectivity index (χ0v) is 14.2. The maximum atomic E-state index is 12.0. The summed E-state index contributed by atoms with van der Waals surface area (Å²) in [6, 6.07) is 6.40. The zero-order chi connectivity index (χ0) is 16.8. The van der Waals surface area contributed by atoms with Crippen molar-refractivity contribution in [3.8, 4) is 0 Å². The highest BCUT2D eigenvalue weighted by molar-refractivity contribution is 5.90. The Bertz CT molecular complexity index is 551. The Hall–Kier alpha value is -2.04. The summed E-state index contributed by atoms with van der Waals surface area (Å²) in [6.45, 7) is 6.07. The number of amides is 3. The van der Waals surface area contributed by atoms with Crippen LogP contribution in [0.1, 0.15) is 50.2 Å². The van der Waals surface area contributed by atoms with Gasteiger partial charge in [0.1, 0.15) is 0 Å². The summed E-state index contributed by atoms with van der Waals surface area (Å²) < 4.78 is 0. The third-order valence-corrected chi connectivity index (χ3v) is 4.20. The molecule has 1 aromatic rings. The Morgan fingerprint density at radius 1 is 1.09 bits per heavy atom. The lowest BCUT2D eigenvalue weighted by atomic mass is 10.0. The van der Waals surface area contributed by atoms with Crippen molar-refractivity contribution in [2.45, 2.75) is 65.0 Å². The lowest BCUT2D eigenvalue weighted by molar-refractivity contribution is -0.116. The smallest absolute Gasteiger partial charge is 0.315 e. The van der Waals surface area contributed by atoms with E-state index in [-0.39, 0.29) is 24.0 Å². The summed E-state index contributed by atoms with van der Waals surface area (Å²) >= 11 is 0. The number of aryl methyl sites for hydroxylation is 2. The van der Waals surface area contributed by atoms with Crippen molar-refractivity contribution >= 4 is 17.6 Å². The summed E-state index contributed by atoms with van der Waals surface area (Å²) in [6.07, 6.45) is 4.39. The van der Waals surface area contributed by atoms with Crippen molar-refractivity contribution < 1.29 is 9.59 Å². The van der Waals surface area contributed by atoms with Gasteiger partial charge in [0.15, 0.2) is 0 Å². The van der Waals surface area contributed by atoms with E-state index in [4.69, 9.17) is 0 Å². The van der Waals surface area contributed by atoms with Crippen LogP contribution in [0.25, 0.3) is 0 Å². The van der Waals surface area contributed by atoms with Gasteiger partial charge in [0.05, 0.1) is 6.04 Å². The standard InChI is InChI=1S/C18H27N3O2/c1-12-9-13(2)11-15(10-12)20-17(22)8-6-4-5-7-16-14(3)19-18(23)21-16/h9-11,14,16H,4-8H2,1-3H3,(H,20,22)(H2,19,21,23)/t14-,16+/m1/s1. The molecule has 5 nitrogen and oxygen atoms in total. The molecule has 0 saturated carbocycles. The number of benzene rings is 1. The maximum Gasteiger partial charge on any atom is 0.315 e. The molecule has 0 bridgehead atoms. The van der Waals surface area contributed by atoms with Crippen LogP contribution in [-0.4, -0.2) is 24.0 Å². The van der Waals surface area contributed by atoms with Crippen LogP contribution in [0.3, 0.4) is 0 Å². The average molecular weight is 317 g/mol. The average Bonchev–Trinajstić information content (AvgIpc) is 2.75. The lowest BCUT2D eigenvalue weighted by Gasteiger charge is -2.13. The van der Waals surface area contributed by atoms with Gasteiger partial charge in [-0.1, -0.05) is 18.9 Å². The van der Waals surface area contributed by atoms with Crippen LogP contribution in [0, 0.1) is 13.8 Å². The van der Waals surface area contributed by atoms with Crippen LogP contribution >= 0.6 is 0 Å². The van der Waals surface area contributed by atoms with E-state index in [1.807, 2.05) is 32.9 Å². The topological polar surface area (TPSA) is 70.2 Å². The van der Waals surface area contributed by atoms with E-state index in [0.29, 0.717) is 6.42 Å². The van der Waals surface area contributed by atoms with Gasteiger partial charge in [-0.2, -0.15) is 0 Å². The van der Waals surface area contributed by atoms with Gasteiger partial charge < -0.3 is 16.0 Å². The molecule has 1 aliphatic rings. The first-order chi connectivity index (χ1) is 10.9. The molecule has 126 valence electrons. The molecular weight excluding hydrogens is 290 g/mol. The Labute approximate surface area is 138 Å². The molecule has 0 aliphatic carbocycles. The van der Waals surface area contributed by atoms with E-state index in [2.05, 4.69) is 22.0 Å². The number of carbonyl (C=O) groups excluding carboxylic acids is 2. The third kappa shape index (κ3) is 5.58. The van der Waals surface area contributed by atoms with Gasteiger partial charge in [-0.05, 0) is 56.9 Å². The molecule has 1 saturated heterocycles. The van der Waals surface area contributed by atoms with Gasteiger partial charge >= 0.3 is 6.03 Å². The Balaban J connectivity index is 1.62. The second kappa shape index (κ2) is 7.99. The van der Waals surface area contributed by atoms with E-state index < -0.39 is 0 Å². The van der Waals surface area contributed by atoms with Gasteiger partial charge in [-0.15, -0.1) is 0 Å². The van der Waals surface area contributed by atoms with Crippen LogP contribution in [0.4, 0.5) is 10.5 Å². The summed E-state index contributed by atoms with van der Waals surface area (Å²) in [4.78, 5) is 23.2. The number of hydrogen-bond donors (Lipinski definition) is 3. The van der Waals surface area contributed by atoms with Crippen LogP contribution in [0.2, 0.25) is 0 Å². The van der Waals surface area contributed by atoms with Crippen molar-refractivity contribution in [1.29, 1.82) is 0 Å². The Kier molecular flexibility index (Phi) is 6.02. The highest BCUT2D eigenvalue weighted by atomic mass is 16.2. The monoisotopic (exact) mass is 317 g/mol. The summed E-state index contributed by atoms with van der Waals surface area (Å²) in [5.74, 6) is 0.0687.